The molecule has 1 aliphatic carbocycles. The van der Waals surface area contributed by atoms with E-state index in [1.807, 2.05) is 0 Å². The zero-order chi connectivity index (χ0) is 12.3. The minimum atomic E-state index is 0.231. The zero-order valence-corrected chi connectivity index (χ0v) is 11.2. The van der Waals surface area contributed by atoms with Crippen LogP contribution in [0.1, 0.15) is 69.0 Å². The van der Waals surface area contributed by atoms with Crippen molar-refractivity contribution in [3.63, 3.8) is 0 Å². The molecule has 0 radical (unpaired) electrons. The maximum absolute atomic E-state index is 6.36. The molecule has 0 bridgehead atoms. The molecule has 0 aromatic heterocycles. The van der Waals surface area contributed by atoms with E-state index < -0.39 is 0 Å². The fourth-order valence-corrected chi connectivity index (χ4v) is 2.61. The molecule has 0 amide bonds. The first-order valence-electron chi connectivity index (χ1n) is 7.03. The van der Waals surface area contributed by atoms with Crippen molar-refractivity contribution in [3.05, 3.63) is 35.4 Å². The molecule has 1 aliphatic rings. The van der Waals surface area contributed by atoms with E-state index in [-0.39, 0.29) is 6.04 Å². The fourth-order valence-electron chi connectivity index (χ4n) is 2.61. The Labute approximate surface area is 105 Å². The minimum absolute atomic E-state index is 0.231. The first-order chi connectivity index (χ1) is 8.18. The lowest BCUT2D eigenvalue weighted by atomic mass is 9.77. The van der Waals surface area contributed by atoms with E-state index in [9.17, 15) is 0 Å². The summed E-state index contributed by atoms with van der Waals surface area (Å²) >= 11 is 0. The van der Waals surface area contributed by atoms with Crippen molar-refractivity contribution in [2.45, 2.75) is 57.9 Å². The Hall–Kier alpha value is -0.820. The van der Waals surface area contributed by atoms with E-state index >= 15 is 0 Å². The monoisotopic (exact) mass is 231 g/mol. The molecule has 0 aliphatic heterocycles. The maximum Gasteiger partial charge on any atom is 0.0297 e. The van der Waals surface area contributed by atoms with Gasteiger partial charge < -0.3 is 5.73 Å². The van der Waals surface area contributed by atoms with Crippen molar-refractivity contribution in [3.8, 4) is 0 Å². The summed E-state index contributed by atoms with van der Waals surface area (Å²) in [6.45, 7) is 4.54. The SMILES string of the molecule is CC(C)CCC(N)c1ccccc1C1CCC1. The summed E-state index contributed by atoms with van der Waals surface area (Å²) in [5.74, 6) is 1.54. The minimum Gasteiger partial charge on any atom is -0.324 e. The van der Waals surface area contributed by atoms with Gasteiger partial charge in [-0.3, -0.25) is 0 Å². The van der Waals surface area contributed by atoms with Crippen LogP contribution in [0.2, 0.25) is 0 Å². The number of benzene rings is 1. The highest BCUT2D eigenvalue weighted by Gasteiger charge is 2.23. The molecule has 1 fully saturated rings. The second kappa shape index (κ2) is 5.68. The Bertz CT molecular complexity index is 352. The molecule has 94 valence electrons. The lowest BCUT2D eigenvalue weighted by Crippen LogP contribution is -2.17. The Morgan fingerprint density at radius 3 is 2.47 bits per heavy atom. The average Bonchev–Trinajstić information content (AvgIpc) is 2.24. The molecule has 1 aromatic rings. The molecule has 0 saturated heterocycles. The van der Waals surface area contributed by atoms with Gasteiger partial charge in [-0.15, -0.1) is 0 Å². The van der Waals surface area contributed by atoms with E-state index in [1.54, 1.807) is 0 Å². The van der Waals surface area contributed by atoms with Crippen molar-refractivity contribution < 1.29 is 0 Å². The Morgan fingerprint density at radius 2 is 1.88 bits per heavy atom. The molecule has 1 unspecified atom stereocenters. The topological polar surface area (TPSA) is 26.0 Å². The molecule has 1 saturated carbocycles. The van der Waals surface area contributed by atoms with Crippen LogP contribution in [-0.4, -0.2) is 0 Å². The van der Waals surface area contributed by atoms with Crippen LogP contribution in [0.15, 0.2) is 24.3 Å². The molecule has 0 heterocycles. The number of hydrogen-bond donors (Lipinski definition) is 1. The van der Waals surface area contributed by atoms with Gasteiger partial charge in [0.1, 0.15) is 0 Å². The van der Waals surface area contributed by atoms with Crippen LogP contribution in [0.4, 0.5) is 0 Å². The highest BCUT2D eigenvalue weighted by Crippen LogP contribution is 2.39. The lowest BCUT2D eigenvalue weighted by Gasteiger charge is -2.29. The van der Waals surface area contributed by atoms with Crippen LogP contribution >= 0.6 is 0 Å². The van der Waals surface area contributed by atoms with Crippen LogP contribution in [0.25, 0.3) is 0 Å². The average molecular weight is 231 g/mol. The lowest BCUT2D eigenvalue weighted by molar-refractivity contribution is 0.412. The van der Waals surface area contributed by atoms with Gasteiger partial charge in [-0.25, -0.2) is 0 Å². The van der Waals surface area contributed by atoms with E-state index in [4.69, 9.17) is 5.73 Å². The molecule has 0 spiro atoms. The first-order valence-corrected chi connectivity index (χ1v) is 7.03. The largest absolute Gasteiger partial charge is 0.324 e. The van der Waals surface area contributed by atoms with Crippen molar-refractivity contribution in [1.82, 2.24) is 0 Å². The highest BCUT2D eigenvalue weighted by atomic mass is 14.6. The van der Waals surface area contributed by atoms with Gasteiger partial charge in [0, 0.05) is 6.04 Å². The molecule has 2 N–H and O–H groups in total. The number of nitrogens with two attached hydrogens (primary N) is 1. The van der Waals surface area contributed by atoms with Gasteiger partial charge in [-0.1, -0.05) is 44.5 Å². The molecule has 1 heteroatoms. The van der Waals surface area contributed by atoms with Gasteiger partial charge in [0.15, 0.2) is 0 Å². The molecular weight excluding hydrogens is 206 g/mol. The summed E-state index contributed by atoms with van der Waals surface area (Å²) in [5, 5.41) is 0. The predicted octanol–water partition coefficient (Wildman–Crippen LogP) is 4.39. The Balaban J connectivity index is 2.07. The highest BCUT2D eigenvalue weighted by molar-refractivity contribution is 5.33. The zero-order valence-electron chi connectivity index (χ0n) is 11.2. The van der Waals surface area contributed by atoms with Gasteiger partial charge in [0.2, 0.25) is 0 Å². The van der Waals surface area contributed by atoms with Crippen molar-refractivity contribution >= 4 is 0 Å². The summed E-state index contributed by atoms with van der Waals surface area (Å²) in [4.78, 5) is 0. The summed E-state index contributed by atoms with van der Waals surface area (Å²) in [6.07, 6.45) is 6.43. The predicted molar refractivity (Wildman–Crippen MR) is 74.0 cm³/mol. The summed E-state index contributed by atoms with van der Waals surface area (Å²) in [5.41, 5.74) is 9.28. The normalized spacial score (nSPS) is 18.1. The Kier molecular flexibility index (Phi) is 4.22. The summed E-state index contributed by atoms with van der Waals surface area (Å²) < 4.78 is 0. The molecular formula is C16H25N. The van der Waals surface area contributed by atoms with Crippen LogP contribution in [-0.2, 0) is 0 Å². The smallest absolute Gasteiger partial charge is 0.0297 e. The Morgan fingerprint density at radius 1 is 1.18 bits per heavy atom. The fraction of sp³-hybridized carbons (Fsp3) is 0.625. The number of rotatable bonds is 5. The second-order valence-electron chi connectivity index (χ2n) is 5.83. The van der Waals surface area contributed by atoms with Crippen LogP contribution < -0.4 is 5.73 Å². The van der Waals surface area contributed by atoms with Crippen LogP contribution in [0.5, 0.6) is 0 Å². The van der Waals surface area contributed by atoms with E-state index in [0.29, 0.717) is 0 Å². The molecule has 1 nitrogen and oxygen atoms in total. The van der Waals surface area contributed by atoms with E-state index in [0.717, 1.165) is 18.3 Å². The van der Waals surface area contributed by atoms with E-state index in [2.05, 4.69) is 38.1 Å². The molecule has 2 rings (SSSR count). The maximum atomic E-state index is 6.36. The van der Waals surface area contributed by atoms with Crippen molar-refractivity contribution in [2.24, 2.45) is 11.7 Å². The summed E-state index contributed by atoms with van der Waals surface area (Å²) in [7, 11) is 0. The number of hydrogen-bond acceptors (Lipinski definition) is 1. The third kappa shape index (κ3) is 3.10. The standard InChI is InChI=1S/C16H25N/c1-12(2)10-11-16(17)15-9-4-3-8-14(15)13-6-5-7-13/h3-4,8-9,12-13,16H,5-7,10-11,17H2,1-2H3. The summed E-state index contributed by atoms with van der Waals surface area (Å²) in [6, 6.07) is 9.04. The van der Waals surface area contributed by atoms with Crippen molar-refractivity contribution in [2.75, 3.05) is 0 Å². The van der Waals surface area contributed by atoms with Crippen LogP contribution in [0.3, 0.4) is 0 Å². The van der Waals surface area contributed by atoms with Gasteiger partial charge in [-0.05, 0) is 48.6 Å². The van der Waals surface area contributed by atoms with Crippen LogP contribution in [0, 0.1) is 5.92 Å². The second-order valence-corrected chi connectivity index (χ2v) is 5.83. The molecule has 1 atom stereocenters. The first kappa shape index (κ1) is 12.6. The quantitative estimate of drug-likeness (QED) is 0.799. The van der Waals surface area contributed by atoms with Gasteiger partial charge >= 0.3 is 0 Å². The molecule has 1 aromatic carbocycles. The third-order valence-electron chi connectivity index (χ3n) is 4.00. The van der Waals surface area contributed by atoms with Gasteiger partial charge in [0.25, 0.3) is 0 Å². The molecule has 17 heavy (non-hydrogen) atoms. The van der Waals surface area contributed by atoms with Crippen molar-refractivity contribution in [1.29, 1.82) is 0 Å². The third-order valence-corrected chi connectivity index (χ3v) is 4.00. The van der Waals surface area contributed by atoms with E-state index in [1.165, 1.54) is 36.8 Å². The van der Waals surface area contributed by atoms with Gasteiger partial charge in [-0.2, -0.15) is 0 Å². The van der Waals surface area contributed by atoms with Gasteiger partial charge in [0.05, 0.1) is 0 Å².